The summed E-state index contributed by atoms with van der Waals surface area (Å²) < 4.78 is 10.9. The van der Waals surface area contributed by atoms with E-state index in [1.54, 1.807) is 19.2 Å². The van der Waals surface area contributed by atoms with Crippen molar-refractivity contribution in [2.45, 2.75) is 74.8 Å². The molecule has 29 heavy (non-hydrogen) atoms. The molecular weight excluding hydrogens is 398 g/mol. The molecule has 7 nitrogen and oxygen atoms in total. The Morgan fingerprint density at radius 1 is 1.21 bits per heavy atom. The first-order valence-corrected chi connectivity index (χ1v) is 10.3. The highest BCUT2D eigenvalue weighted by atomic mass is 35.5. The molecule has 8 heteroatoms. The highest BCUT2D eigenvalue weighted by molar-refractivity contribution is 6.31. The van der Waals surface area contributed by atoms with E-state index in [9.17, 15) is 20.4 Å². The van der Waals surface area contributed by atoms with Crippen molar-refractivity contribution < 1.29 is 29.9 Å². The van der Waals surface area contributed by atoms with Crippen LogP contribution in [0.4, 0.5) is 0 Å². The van der Waals surface area contributed by atoms with E-state index in [0.717, 1.165) is 31.2 Å². The van der Waals surface area contributed by atoms with E-state index in [4.69, 9.17) is 26.3 Å². The van der Waals surface area contributed by atoms with Crippen molar-refractivity contribution in [1.82, 2.24) is 0 Å². The van der Waals surface area contributed by atoms with Gasteiger partial charge in [0.15, 0.2) is 0 Å². The van der Waals surface area contributed by atoms with Crippen LogP contribution in [-0.2, 0) is 21.7 Å². The molecule has 5 atom stereocenters. The lowest BCUT2D eigenvalue weighted by atomic mass is 9.82. The first-order valence-electron chi connectivity index (χ1n) is 9.93. The summed E-state index contributed by atoms with van der Waals surface area (Å²) in [5.74, 6) is -1.83. The maximum atomic E-state index is 11.1. The summed E-state index contributed by atoms with van der Waals surface area (Å²) in [4.78, 5) is 0. The summed E-state index contributed by atoms with van der Waals surface area (Å²) in [5.41, 5.74) is 1.04. The van der Waals surface area contributed by atoms with Crippen LogP contribution in [0.2, 0.25) is 5.02 Å². The molecule has 1 saturated carbocycles. The van der Waals surface area contributed by atoms with Gasteiger partial charge in [-0.3, -0.25) is 0 Å². The summed E-state index contributed by atoms with van der Waals surface area (Å²) in [5, 5.41) is 51.2. The van der Waals surface area contributed by atoms with Gasteiger partial charge in [0.2, 0.25) is 5.79 Å². The Kier molecular flexibility index (Phi) is 7.18. The average Bonchev–Trinajstić information content (AvgIpc) is 2.72. The molecule has 2 fully saturated rings. The zero-order valence-corrected chi connectivity index (χ0v) is 17.1. The normalized spacial score (nSPS) is 37.8. The molecule has 1 aliphatic heterocycles. The standard InChI is InChI=1S/C21H28ClNO6/c1-28-15-5-2-12(3-6-15)10-13-11-14(4-7-16(13)22)21(27)20(26)19(25)18(24)17(29-21)8-9-23/h4,7,11-12,15,17-20,24-27H,2-3,5-6,8,10H2,1H3/t12?,15?,17-,18-,19+,20-,21-/m1/s1. The largest absolute Gasteiger partial charge is 0.388 e. The zero-order chi connectivity index (χ0) is 21.2. The minimum absolute atomic E-state index is 0.226. The second-order valence-electron chi connectivity index (χ2n) is 8.03. The highest BCUT2D eigenvalue weighted by Crippen LogP contribution is 2.39. The molecule has 0 unspecified atom stereocenters. The first-order chi connectivity index (χ1) is 13.8. The highest BCUT2D eigenvalue weighted by Gasteiger charge is 2.53. The van der Waals surface area contributed by atoms with E-state index in [1.807, 2.05) is 6.07 Å². The lowest BCUT2D eigenvalue weighted by Crippen LogP contribution is -2.62. The Balaban J connectivity index is 1.83. The number of aliphatic hydroxyl groups is 4. The van der Waals surface area contributed by atoms with Gasteiger partial charge in [-0.15, -0.1) is 0 Å². The van der Waals surface area contributed by atoms with Gasteiger partial charge in [-0.25, -0.2) is 0 Å². The van der Waals surface area contributed by atoms with Crippen LogP contribution in [0.15, 0.2) is 18.2 Å². The minimum Gasteiger partial charge on any atom is -0.388 e. The third-order valence-corrected chi connectivity index (χ3v) is 6.54. The van der Waals surface area contributed by atoms with E-state index in [-0.39, 0.29) is 12.0 Å². The van der Waals surface area contributed by atoms with E-state index < -0.39 is 30.2 Å². The predicted octanol–water partition coefficient (Wildman–Crippen LogP) is 1.63. The zero-order valence-electron chi connectivity index (χ0n) is 16.4. The van der Waals surface area contributed by atoms with Gasteiger partial charge >= 0.3 is 0 Å². The third kappa shape index (κ3) is 4.59. The number of nitriles is 1. The fraction of sp³-hybridized carbons (Fsp3) is 0.667. The molecule has 1 aromatic rings. The summed E-state index contributed by atoms with van der Waals surface area (Å²) >= 11 is 6.38. The topological polar surface area (TPSA) is 123 Å². The molecule has 3 rings (SSSR count). The van der Waals surface area contributed by atoms with Crippen molar-refractivity contribution in [1.29, 1.82) is 5.26 Å². The second-order valence-corrected chi connectivity index (χ2v) is 8.44. The van der Waals surface area contributed by atoms with Crippen LogP contribution in [0.25, 0.3) is 0 Å². The molecule has 160 valence electrons. The van der Waals surface area contributed by atoms with Crippen LogP contribution < -0.4 is 0 Å². The average molecular weight is 426 g/mol. The number of methoxy groups -OCH3 is 1. The monoisotopic (exact) mass is 425 g/mol. The summed E-state index contributed by atoms with van der Waals surface area (Å²) in [6.45, 7) is 0. The van der Waals surface area contributed by atoms with E-state index in [2.05, 4.69) is 0 Å². The quantitative estimate of drug-likeness (QED) is 0.565. The first kappa shape index (κ1) is 22.4. The van der Waals surface area contributed by atoms with Gasteiger partial charge < -0.3 is 29.9 Å². The molecule has 2 aliphatic rings. The Hall–Kier alpha value is -1.24. The van der Waals surface area contributed by atoms with Crippen molar-refractivity contribution in [2.24, 2.45) is 5.92 Å². The van der Waals surface area contributed by atoms with Crippen LogP contribution in [0, 0.1) is 17.2 Å². The van der Waals surface area contributed by atoms with Crippen molar-refractivity contribution in [3.05, 3.63) is 34.3 Å². The number of hydrogen-bond donors (Lipinski definition) is 4. The fourth-order valence-corrected chi connectivity index (χ4v) is 4.53. The smallest absolute Gasteiger partial charge is 0.222 e. The van der Waals surface area contributed by atoms with Crippen molar-refractivity contribution >= 4 is 11.6 Å². The van der Waals surface area contributed by atoms with Gasteiger partial charge in [0.1, 0.15) is 24.4 Å². The van der Waals surface area contributed by atoms with E-state index >= 15 is 0 Å². The number of rotatable bonds is 5. The molecule has 0 radical (unpaired) electrons. The molecule has 0 spiro atoms. The fourth-order valence-electron chi connectivity index (χ4n) is 4.34. The molecule has 0 aromatic heterocycles. The van der Waals surface area contributed by atoms with E-state index in [1.165, 1.54) is 6.07 Å². The van der Waals surface area contributed by atoms with Crippen molar-refractivity contribution in [3.63, 3.8) is 0 Å². The van der Waals surface area contributed by atoms with Gasteiger partial charge in [-0.1, -0.05) is 17.7 Å². The van der Waals surface area contributed by atoms with Gasteiger partial charge in [0.05, 0.1) is 18.6 Å². The van der Waals surface area contributed by atoms with Crippen molar-refractivity contribution in [3.8, 4) is 6.07 Å². The molecule has 1 aromatic carbocycles. The Morgan fingerprint density at radius 2 is 1.90 bits per heavy atom. The Morgan fingerprint density at radius 3 is 2.52 bits per heavy atom. The molecule has 0 amide bonds. The van der Waals surface area contributed by atoms with Crippen LogP contribution in [0.1, 0.15) is 43.2 Å². The van der Waals surface area contributed by atoms with Gasteiger partial charge in [-0.2, -0.15) is 5.26 Å². The number of nitrogens with zero attached hydrogens (tertiary/aromatic N) is 1. The maximum absolute atomic E-state index is 11.1. The van der Waals surface area contributed by atoms with Crippen molar-refractivity contribution in [2.75, 3.05) is 7.11 Å². The summed E-state index contributed by atoms with van der Waals surface area (Å²) in [6, 6.07) is 6.67. The van der Waals surface area contributed by atoms with Crippen LogP contribution in [-0.4, -0.2) is 58.1 Å². The molecule has 1 aliphatic carbocycles. The molecule has 4 N–H and O–H groups in total. The van der Waals surface area contributed by atoms with Gasteiger partial charge in [0.25, 0.3) is 0 Å². The van der Waals surface area contributed by atoms with E-state index in [0.29, 0.717) is 23.5 Å². The maximum Gasteiger partial charge on any atom is 0.222 e. The van der Waals surface area contributed by atoms with Crippen LogP contribution >= 0.6 is 11.6 Å². The molecular formula is C21H28ClNO6. The van der Waals surface area contributed by atoms with Crippen LogP contribution in [0.5, 0.6) is 0 Å². The second kappa shape index (κ2) is 9.27. The summed E-state index contributed by atoms with van der Waals surface area (Å²) in [7, 11) is 1.73. The number of benzene rings is 1. The Labute approximate surface area is 175 Å². The number of ether oxygens (including phenoxy) is 2. The summed E-state index contributed by atoms with van der Waals surface area (Å²) in [6.07, 6.45) is -1.28. The van der Waals surface area contributed by atoms with Gasteiger partial charge in [-0.05, 0) is 55.7 Å². The Bertz CT molecular complexity index is 747. The number of halogens is 1. The minimum atomic E-state index is -2.26. The molecule has 1 saturated heterocycles. The third-order valence-electron chi connectivity index (χ3n) is 6.17. The molecule has 1 heterocycles. The SMILES string of the molecule is COC1CCC(Cc2cc([C@@]3(O)O[C@H](CC#N)[C@@H](O)[C@H](O)[C@H]3O)ccc2Cl)CC1. The van der Waals surface area contributed by atoms with Crippen LogP contribution in [0.3, 0.4) is 0 Å². The number of hydrogen-bond acceptors (Lipinski definition) is 7. The van der Waals surface area contributed by atoms with Gasteiger partial charge in [0, 0.05) is 17.7 Å². The molecule has 0 bridgehead atoms. The number of aliphatic hydroxyl groups excluding tert-OH is 3. The lowest BCUT2D eigenvalue weighted by molar-refractivity contribution is -0.353. The lowest BCUT2D eigenvalue weighted by Gasteiger charge is -2.45. The predicted molar refractivity (Wildman–Crippen MR) is 105 cm³/mol.